The van der Waals surface area contributed by atoms with Crippen molar-refractivity contribution in [1.29, 1.82) is 0 Å². The predicted octanol–water partition coefficient (Wildman–Crippen LogP) is 2.78. The molecule has 0 radical (unpaired) electrons. The van der Waals surface area contributed by atoms with Crippen molar-refractivity contribution < 1.29 is 26.7 Å². The molecule has 0 spiro atoms. The van der Waals surface area contributed by atoms with Crippen LogP contribution in [0.3, 0.4) is 0 Å². The maximum absolute atomic E-state index is 13.1. The summed E-state index contributed by atoms with van der Waals surface area (Å²) in [6.45, 7) is -0.602. The van der Waals surface area contributed by atoms with E-state index in [-0.39, 0.29) is 0 Å². The van der Waals surface area contributed by atoms with Crippen molar-refractivity contribution >= 4 is 0 Å². The first kappa shape index (κ1) is 13.7. The molecular weight excluding hydrogens is 245 g/mol. The van der Waals surface area contributed by atoms with Gasteiger partial charge in [0.25, 0.3) is 0 Å². The van der Waals surface area contributed by atoms with Crippen molar-refractivity contribution in [2.45, 2.75) is 18.5 Å². The molecule has 0 fully saturated rings. The summed E-state index contributed by atoms with van der Waals surface area (Å²) in [5.74, 6) is -5.61. The summed E-state index contributed by atoms with van der Waals surface area (Å²) in [5.41, 5.74) is 4.81. The molecule has 0 aromatic heterocycles. The van der Waals surface area contributed by atoms with Crippen LogP contribution in [0.2, 0.25) is 0 Å². The second kappa shape index (κ2) is 4.87. The maximum Gasteiger partial charge on any atom is 0.464 e. The second-order valence-corrected chi connectivity index (χ2v) is 3.32. The van der Waals surface area contributed by atoms with E-state index in [1.54, 1.807) is 0 Å². The van der Waals surface area contributed by atoms with Crippen molar-refractivity contribution in [3.63, 3.8) is 0 Å². The van der Waals surface area contributed by atoms with Crippen LogP contribution in [0.1, 0.15) is 6.42 Å². The number of hydrogen-bond donors (Lipinski definition) is 1. The molecule has 0 aliphatic rings. The van der Waals surface area contributed by atoms with Gasteiger partial charge in [-0.05, 0) is 30.8 Å². The smallest absolute Gasteiger partial charge is 0.428 e. The topological polar surface area (TPSA) is 35.2 Å². The Bertz CT molecular complexity index is 365. The summed E-state index contributed by atoms with van der Waals surface area (Å²) >= 11 is 0. The van der Waals surface area contributed by atoms with Gasteiger partial charge in [-0.2, -0.15) is 17.6 Å². The summed E-state index contributed by atoms with van der Waals surface area (Å²) in [7, 11) is 0. The van der Waals surface area contributed by atoms with Gasteiger partial charge >= 0.3 is 12.0 Å². The van der Waals surface area contributed by atoms with Crippen LogP contribution in [0.15, 0.2) is 24.3 Å². The molecule has 0 atom stereocenters. The average molecular weight is 255 g/mol. The number of halogens is 5. The highest BCUT2D eigenvalue weighted by molar-refractivity contribution is 5.22. The van der Waals surface area contributed by atoms with Gasteiger partial charge in [0.05, 0.1) is 0 Å². The SMILES string of the molecule is NCCC(F)(F)C(F)(F)Oc1ccc(F)cc1. The van der Waals surface area contributed by atoms with Gasteiger partial charge in [0.2, 0.25) is 0 Å². The van der Waals surface area contributed by atoms with Crippen LogP contribution in [0.25, 0.3) is 0 Å². The highest BCUT2D eigenvalue weighted by Gasteiger charge is 2.58. The molecule has 0 bridgehead atoms. The Balaban J connectivity index is 2.81. The molecule has 0 unspecified atom stereocenters. The van der Waals surface area contributed by atoms with Crippen molar-refractivity contribution in [2.75, 3.05) is 6.54 Å². The van der Waals surface area contributed by atoms with Crippen LogP contribution >= 0.6 is 0 Å². The van der Waals surface area contributed by atoms with E-state index < -0.39 is 36.6 Å². The van der Waals surface area contributed by atoms with Gasteiger partial charge in [0, 0.05) is 6.42 Å². The monoisotopic (exact) mass is 255 g/mol. The molecule has 2 N–H and O–H groups in total. The van der Waals surface area contributed by atoms with E-state index in [4.69, 9.17) is 5.73 Å². The summed E-state index contributed by atoms with van der Waals surface area (Å²) in [5, 5.41) is 0. The first-order chi connectivity index (χ1) is 7.78. The Labute approximate surface area is 94.2 Å². The minimum Gasteiger partial charge on any atom is -0.428 e. The molecule has 2 nitrogen and oxygen atoms in total. The fraction of sp³-hybridized carbons (Fsp3) is 0.400. The molecular formula is C10H10F5NO. The van der Waals surface area contributed by atoms with Crippen molar-refractivity contribution in [3.05, 3.63) is 30.1 Å². The Morgan fingerprint density at radius 3 is 2.06 bits per heavy atom. The number of benzene rings is 1. The molecule has 1 aromatic carbocycles. The quantitative estimate of drug-likeness (QED) is 0.821. The van der Waals surface area contributed by atoms with Gasteiger partial charge in [0.1, 0.15) is 11.6 Å². The van der Waals surface area contributed by atoms with Gasteiger partial charge in [-0.1, -0.05) is 0 Å². The predicted molar refractivity (Wildman–Crippen MR) is 50.6 cm³/mol. The third-order valence-electron chi connectivity index (χ3n) is 1.94. The number of rotatable bonds is 5. The molecule has 1 rings (SSSR count). The van der Waals surface area contributed by atoms with Crippen molar-refractivity contribution in [3.8, 4) is 5.75 Å². The third kappa shape index (κ3) is 3.29. The van der Waals surface area contributed by atoms with E-state index in [1.807, 2.05) is 0 Å². The molecule has 0 aliphatic carbocycles. The Morgan fingerprint density at radius 2 is 1.59 bits per heavy atom. The standard InChI is InChI=1S/C10H10F5NO/c11-7-1-3-8(4-2-7)17-10(14,15)9(12,13)5-6-16/h1-4H,5-6,16H2. The number of alkyl halides is 4. The van der Waals surface area contributed by atoms with E-state index >= 15 is 0 Å². The van der Waals surface area contributed by atoms with Crippen LogP contribution in [0.5, 0.6) is 5.75 Å². The zero-order valence-corrected chi connectivity index (χ0v) is 8.60. The molecule has 96 valence electrons. The van der Waals surface area contributed by atoms with E-state index in [9.17, 15) is 22.0 Å². The van der Waals surface area contributed by atoms with E-state index in [0.717, 1.165) is 24.3 Å². The lowest BCUT2D eigenvalue weighted by Crippen LogP contribution is -2.46. The van der Waals surface area contributed by atoms with Crippen molar-refractivity contribution in [2.24, 2.45) is 5.73 Å². The summed E-state index contributed by atoms with van der Waals surface area (Å²) in [6.07, 6.45) is -5.90. The van der Waals surface area contributed by atoms with Gasteiger partial charge in [-0.15, -0.1) is 0 Å². The number of nitrogens with two attached hydrogens (primary N) is 1. The molecule has 0 saturated carbocycles. The zero-order chi connectivity index (χ0) is 13.1. The van der Waals surface area contributed by atoms with E-state index in [2.05, 4.69) is 4.74 Å². The third-order valence-corrected chi connectivity index (χ3v) is 1.94. The van der Waals surface area contributed by atoms with Crippen LogP contribution in [0, 0.1) is 5.82 Å². The average Bonchev–Trinajstić information content (AvgIpc) is 2.21. The Kier molecular flexibility index (Phi) is 3.92. The minimum atomic E-state index is -4.69. The second-order valence-electron chi connectivity index (χ2n) is 3.32. The van der Waals surface area contributed by atoms with Crippen molar-refractivity contribution in [1.82, 2.24) is 0 Å². The van der Waals surface area contributed by atoms with Gasteiger partial charge in [-0.3, -0.25) is 0 Å². The normalized spacial score (nSPS) is 12.6. The fourth-order valence-electron chi connectivity index (χ4n) is 1.05. The zero-order valence-electron chi connectivity index (χ0n) is 8.60. The first-order valence-electron chi connectivity index (χ1n) is 4.69. The van der Waals surface area contributed by atoms with Gasteiger partial charge in [-0.25, -0.2) is 4.39 Å². The minimum absolute atomic E-state index is 0.548. The summed E-state index contributed by atoms with van der Waals surface area (Å²) < 4.78 is 68.3. The molecule has 0 saturated heterocycles. The maximum atomic E-state index is 13.1. The lowest BCUT2D eigenvalue weighted by Gasteiger charge is -2.26. The molecule has 17 heavy (non-hydrogen) atoms. The van der Waals surface area contributed by atoms with Gasteiger partial charge in [0.15, 0.2) is 0 Å². The van der Waals surface area contributed by atoms with Crippen LogP contribution in [0.4, 0.5) is 22.0 Å². The molecule has 0 aliphatic heterocycles. The molecule has 0 heterocycles. The largest absolute Gasteiger partial charge is 0.464 e. The lowest BCUT2D eigenvalue weighted by molar-refractivity contribution is -0.310. The number of ether oxygens (including phenoxy) is 1. The fourth-order valence-corrected chi connectivity index (χ4v) is 1.05. The van der Waals surface area contributed by atoms with Crippen LogP contribution in [-0.2, 0) is 0 Å². The van der Waals surface area contributed by atoms with Gasteiger partial charge < -0.3 is 10.5 Å². The summed E-state index contributed by atoms with van der Waals surface area (Å²) in [4.78, 5) is 0. The Hall–Kier alpha value is -1.37. The van der Waals surface area contributed by atoms with Crippen LogP contribution < -0.4 is 10.5 Å². The van der Waals surface area contributed by atoms with E-state index in [1.165, 1.54) is 0 Å². The Morgan fingerprint density at radius 1 is 1.06 bits per heavy atom. The summed E-state index contributed by atoms with van der Waals surface area (Å²) in [6, 6.07) is 3.32. The molecule has 1 aromatic rings. The van der Waals surface area contributed by atoms with Crippen LogP contribution in [-0.4, -0.2) is 18.6 Å². The first-order valence-corrected chi connectivity index (χ1v) is 4.69. The molecule has 0 amide bonds. The van der Waals surface area contributed by atoms with E-state index in [0.29, 0.717) is 0 Å². The lowest BCUT2D eigenvalue weighted by atomic mass is 10.2. The molecule has 7 heteroatoms. The highest BCUT2D eigenvalue weighted by Crippen LogP contribution is 2.38. The number of hydrogen-bond acceptors (Lipinski definition) is 2. The highest BCUT2D eigenvalue weighted by atomic mass is 19.3.